The van der Waals surface area contributed by atoms with Gasteiger partial charge in [0.25, 0.3) is 5.91 Å². The molecule has 0 N–H and O–H groups in total. The first kappa shape index (κ1) is 16.2. The van der Waals surface area contributed by atoms with Crippen LogP contribution in [-0.2, 0) is 9.53 Å². The highest BCUT2D eigenvalue weighted by molar-refractivity contribution is 5.84. The molecule has 1 aliphatic rings. The normalized spacial score (nSPS) is 15.6. The van der Waals surface area contributed by atoms with Crippen molar-refractivity contribution in [3.05, 3.63) is 65.7 Å². The fourth-order valence-electron chi connectivity index (χ4n) is 2.65. The SMILES string of the molecule is O=Cc1ccccc1O[C@@H](C(=O)N1CCOCC1)c1ccccc1. The van der Waals surface area contributed by atoms with E-state index < -0.39 is 6.10 Å². The van der Waals surface area contributed by atoms with Gasteiger partial charge in [0.1, 0.15) is 5.75 Å². The van der Waals surface area contributed by atoms with Gasteiger partial charge in [-0.25, -0.2) is 0 Å². The summed E-state index contributed by atoms with van der Waals surface area (Å²) in [6.45, 7) is 2.14. The first-order valence-electron chi connectivity index (χ1n) is 7.92. The van der Waals surface area contributed by atoms with Crippen molar-refractivity contribution in [2.45, 2.75) is 6.10 Å². The van der Waals surface area contributed by atoms with Gasteiger partial charge in [0.15, 0.2) is 6.29 Å². The monoisotopic (exact) mass is 325 g/mol. The quantitative estimate of drug-likeness (QED) is 0.793. The molecule has 1 saturated heterocycles. The van der Waals surface area contributed by atoms with Crippen molar-refractivity contribution in [2.75, 3.05) is 26.3 Å². The molecular formula is C19H19NO4. The minimum Gasteiger partial charge on any atom is -0.475 e. The highest BCUT2D eigenvalue weighted by Gasteiger charge is 2.29. The van der Waals surface area contributed by atoms with Crippen LogP contribution in [0.15, 0.2) is 54.6 Å². The molecule has 3 rings (SSSR count). The van der Waals surface area contributed by atoms with Crippen LogP contribution in [0.4, 0.5) is 0 Å². The van der Waals surface area contributed by atoms with Gasteiger partial charge >= 0.3 is 0 Å². The van der Waals surface area contributed by atoms with Gasteiger partial charge < -0.3 is 14.4 Å². The molecule has 1 heterocycles. The third kappa shape index (κ3) is 3.63. The zero-order valence-electron chi connectivity index (χ0n) is 13.3. The Morgan fingerprint density at radius 1 is 1.04 bits per heavy atom. The second kappa shape index (κ2) is 7.75. The summed E-state index contributed by atoms with van der Waals surface area (Å²) < 4.78 is 11.3. The fraction of sp³-hybridized carbons (Fsp3) is 0.263. The number of carbonyl (C=O) groups is 2. The molecule has 5 heteroatoms. The third-order valence-corrected chi connectivity index (χ3v) is 3.94. The predicted molar refractivity (Wildman–Crippen MR) is 89.0 cm³/mol. The number of amides is 1. The van der Waals surface area contributed by atoms with Crippen molar-refractivity contribution in [3.63, 3.8) is 0 Å². The maximum Gasteiger partial charge on any atom is 0.268 e. The summed E-state index contributed by atoms with van der Waals surface area (Å²) in [5.74, 6) is 0.285. The topological polar surface area (TPSA) is 55.8 Å². The van der Waals surface area contributed by atoms with Crippen molar-refractivity contribution in [3.8, 4) is 5.75 Å². The van der Waals surface area contributed by atoms with Gasteiger partial charge in [-0.3, -0.25) is 9.59 Å². The molecule has 5 nitrogen and oxygen atoms in total. The van der Waals surface area contributed by atoms with Crippen LogP contribution in [0.2, 0.25) is 0 Å². The molecule has 0 bridgehead atoms. The van der Waals surface area contributed by atoms with E-state index in [4.69, 9.17) is 9.47 Å². The molecule has 0 unspecified atom stereocenters. The smallest absolute Gasteiger partial charge is 0.268 e. The number of para-hydroxylation sites is 1. The molecule has 24 heavy (non-hydrogen) atoms. The van der Waals surface area contributed by atoms with Crippen LogP contribution in [-0.4, -0.2) is 43.4 Å². The van der Waals surface area contributed by atoms with Gasteiger partial charge in [0, 0.05) is 18.7 Å². The Balaban J connectivity index is 1.90. The molecule has 0 radical (unpaired) electrons. The average molecular weight is 325 g/mol. The van der Waals surface area contributed by atoms with E-state index >= 15 is 0 Å². The number of ether oxygens (including phenoxy) is 2. The molecule has 0 aromatic heterocycles. The summed E-state index contributed by atoms with van der Waals surface area (Å²) in [7, 11) is 0. The van der Waals surface area contributed by atoms with Crippen LogP contribution in [0.1, 0.15) is 22.0 Å². The number of rotatable bonds is 5. The van der Waals surface area contributed by atoms with E-state index in [-0.39, 0.29) is 5.91 Å². The highest BCUT2D eigenvalue weighted by atomic mass is 16.5. The lowest BCUT2D eigenvalue weighted by atomic mass is 10.1. The average Bonchev–Trinajstić information content (AvgIpc) is 2.67. The van der Waals surface area contributed by atoms with Gasteiger partial charge in [-0.15, -0.1) is 0 Å². The number of benzene rings is 2. The molecule has 1 fully saturated rings. The van der Waals surface area contributed by atoms with Gasteiger partial charge in [-0.1, -0.05) is 42.5 Å². The maximum absolute atomic E-state index is 13.0. The molecule has 1 aliphatic heterocycles. The van der Waals surface area contributed by atoms with Crippen molar-refractivity contribution in [1.82, 2.24) is 4.90 Å². The highest BCUT2D eigenvalue weighted by Crippen LogP contribution is 2.26. The van der Waals surface area contributed by atoms with Crippen molar-refractivity contribution in [2.24, 2.45) is 0 Å². The molecule has 0 saturated carbocycles. The van der Waals surface area contributed by atoms with E-state index in [0.29, 0.717) is 37.6 Å². The minimum atomic E-state index is -0.787. The lowest BCUT2D eigenvalue weighted by Gasteiger charge is -2.30. The second-order valence-corrected chi connectivity index (χ2v) is 5.50. The molecule has 1 atom stereocenters. The van der Waals surface area contributed by atoms with Gasteiger partial charge in [-0.05, 0) is 12.1 Å². The van der Waals surface area contributed by atoms with E-state index in [0.717, 1.165) is 11.8 Å². The molecule has 124 valence electrons. The number of hydrogen-bond donors (Lipinski definition) is 0. The van der Waals surface area contributed by atoms with E-state index in [1.54, 1.807) is 29.2 Å². The largest absolute Gasteiger partial charge is 0.475 e. The van der Waals surface area contributed by atoms with Gasteiger partial charge in [-0.2, -0.15) is 0 Å². The number of morpholine rings is 1. The Labute approximate surface area is 140 Å². The van der Waals surface area contributed by atoms with Crippen LogP contribution < -0.4 is 4.74 Å². The van der Waals surface area contributed by atoms with Crippen molar-refractivity contribution >= 4 is 12.2 Å². The lowest BCUT2D eigenvalue weighted by molar-refractivity contribution is -0.143. The van der Waals surface area contributed by atoms with E-state index in [1.807, 2.05) is 30.3 Å². The molecule has 2 aromatic rings. The zero-order chi connectivity index (χ0) is 16.8. The number of hydrogen-bond acceptors (Lipinski definition) is 4. The Morgan fingerprint density at radius 3 is 2.42 bits per heavy atom. The standard InChI is InChI=1S/C19H19NO4/c21-14-16-8-4-5-9-17(16)24-18(15-6-2-1-3-7-15)19(22)20-10-12-23-13-11-20/h1-9,14,18H,10-13H2/t18-/m1/s1. The number of aldehydes is 1. The maximum atomic E-state index is 13.0. The summed E-state index contributed by atoms with van der Waals surface area (Å²) >= 11 is 0. The van der Waals surface area contributed by atoms with Crippen LogP contribution in [0, 0.1) is 0 Å². The molecule has 0 spiro atoms. The van der Waals surface area contributed by atoms with Crippen LogP contribution >= 0.6 is 0 Å². The first-order chi connectivity index (χ1) is 11.8. The Kier molecular flexibility index (Phi) is 5.23. The van der Waals surface area contributed by atoms with Crippen LogP contribution in [0.3, 0.4) is 0 Å². The summed E-state index contributed by atoms with van der Waals surface area (Å²) in [5, 5.41) is 0. The number of nitrogens with zero attached hydrogens (tertiary/aromatic N) is 1. The van der Waals surface area contributed by atoms with Crippen LogP contribution in [0.25, 0.3) is 0 Å². The Hall–Kier alpha value is -2.66. The van der Waals surface area contributed by atoms with Crippen LogP contribution in [0.5, 0.6) is 5.75 Å². The lowest BCUT2D eigenvalue weighted by Crippen LogP contribution is -2.44. The fourth-order valence-corrected chi connectivity index (χ4v) is 2.65. The Bertz CT molecular complexity index is 696. The third-order valence-electron chi connectivity index (χ3n) is 3.94. The van der Waals surface area contributed by atoms with Crippen molar-refractivity contribution in [1.29, 1.82) is 0 Å². The molecule has 0 aliphatic carbocycles. The molecule has 1 amide bonds. The van der Waals surface area contributed by atoms with E-state index in [9.17, 15) is 9.59 Å². The second-order valence-electron chi connectivity index (χ2n) is 5.50. The van der Waals surface area contributed by atoms with E-state index in [2.05, 4.69) is 0 Å². The summed E-state index contributed by atoms with van der Waals surface area (Å²) in [6.07, 6.45) is -0.0539. The van der Waals surface area contributed by atoms with Crippen molar-refractivity contribution < 1.29 is 19.1 Å². The van der Waals surface area contributed by atoms with Gasteiger partial charge in [0.05, 0.1) is 18.8 Å². The van der Waals surface area contributed by atoms with Gasteiger partial charge in [0.2, 0.25) is 6.10 Å². The van der Waals surface area contributed by atoms with E-state index in [1.165, 1.54) is 0 Å². The summed E-state index contributed by atoms with van der Waals surface area (Å²) in [6, 6.07) is 16.2. The molecular weight excluding hydrogens is 306 g/mol. The summed E-state index contributed by atoms with van der Waals surface area (Å²) in [5.41, 5.74) is 1.18. The minimum absolute atomic E-state index is 0.120. The molecule has 2 aromatic carbocycles. The zero-order valence-corrected chi connectivity index (χ0v) is 13.3. The number of carbonyl (C=O) groups excluding carboxylic acids is 2. The Morgan fingerprint density at radius 2 is 1.71 bits per heavy atom. The summed E-state index contributed by atoms with van der Waals surface area (Å²) in [4.78, 5) is 25.9. The predicted octanol–water partition coefficient (Wildman–Crippen LogP) is 2.48. The first-order valence-corrected chi connectivity index (χ1v) is 7.92.